The average molecular weight is 100 g/mol. The minimum Gasteiger partial charge on any atom is -0.343 e. The summed E-state index contributed by atoms with van der Waals surface area (Å²) in [6.07, 6.45) is 0.568. The Labute approximate surface area is 42.5 Å². The standard InChI is InChI=1S/C4H8N2O/c1-3-4(5)7-6-2/h5H,2-3H2,1H3. The summed E-state index contributed by atoms with van der Waals surface area (Å²) >= 11 is 0. The van der Waals surface area contributed by atoms with Gasteiger partial charge >= 0.3 is 0 Å². The normalized spacial score (nSPS) is 7.57. The van der Waals surface area contributed by atoms with E-state index in [2.05, 4.69) is 16.7 Å². The van der Waals surface area contributed by atoms with Gasteiger partial charge in [0.05, 0.1) is 0 Å². The molecule has 0 aromatic carbocycles. The van der Waals surface area contributed by atoms with E-state index in [1.807, 2.05) is 6.92 Å². The van der Waals surface area contributed by atoms with Crippen LogP contribution in [0.4, 0.5) is 0 Å². The van der Waals surface area contributed by atoms with E-state index in [0.717, 1.165) is 0 Å². The molecule has 0 spiro atoms. The molecule has 0 aromatic rings. The first-order valence-corrected chi connectivity index (χ1v) is 2.01. The lowest BCUT2D eigenvalue weighted by Gasteiger charge is -1.90. The number of hydrogen-bond donors (Lipinski definition) is 1. The zero-order chi connectivity index (χ0) is 5.70. The van der Waals surface area contributed by atoms with E-state index in [1.54, 1.807) is 0 Å². The van der Waals surface area contributed by atoms with Gasteiger partial charge in [0, 0.05) is 13.1 Å². The van der Waals surface area contributed by atoms with E-state index in [9.17, 15) is 0 Å². The molecule has 0 heterocycles. The molecular weight excluding hydrogens is 92.1 g/mol. The minimum absolute atomic E-state index is 0.148. The van der Waals surface area contributed by atoms with Crippen molar-refractivity contribution in [2.75, 3.05) is 0 Å². The lowest BCUT2D eigenvalue weighted by Crippen LogP contribution is -1.92. The lowest BCUT2D eigenvalue weighted by molar-refractivity contribution is 0.320. The Balaban J connectivity index is 3.17. The van der Waals surface area contributed by atoms with Crippen LogP contribution in [0.1, 0.15) is 13.3 Å². The third kappa shape index (κ3) is 2.96. The number of nitrogens with zero attached hydrogens (tertiary/aromatic N) is 1. The molecule has 3 nitrogen and oxygen atoms in total. The molecule has 0 saturated heterocycles. The number of oxime groups is 1. The van der Waals surface area contributed by atoms with Gasteiger partial charge in [-0.1, -0.05) is 12.1 Å². The average Bonchev–Trinajstić information content (AvgIpc) is 1.68. The Morgan fingerprint density at radius 3 is 2.71 bits per heavy atom. The van der Waals surface area contributed by atoms with Crippen LogP contribution >= 0.6 is 0 Å². The highest BCUT2D eigenvalue weighted by atomic mass is 16.6. The highest BCUT2D eigenvalue weighted by Crippen LogP contribution is 1.81. The van der Waals surface area contributed by atoms with E-state index in [4.69, 9.17) is 5.41 Å². The number of nitrogens with one attached hydrogen (secondary N) is 1. The molecule has 0 bridgehead atoms. The molecule has 0 aromatic heterocycles. The molecule has 3 heteroatoms. The van der Waals surface area contributed by atoms with Gasteiger partial charge in [-0.25, -0.2) is 0 Å². The van der Waals surface area contributed by atoms with E-state index < -0.39 is 0 Å². The zero-order valence-corrected chi connectivity index (χ0v) is 4.27. The van der Waals surface area contributed by atoms with Crippen molar-refractivity contribution in [1.29, 1.82) is 5.41 Å². The van der Waals surface area contributed by atoms with Gasteiger partial charge in [-0.15, -0.1) is 0 Å². The van der Waals surface area contributed by atoms with Crippen LogP contribution in [0.2, 0.25) is 0 Å². The molecule has 0 rings (SSSR count). The van der Waals surface area contributed by atoms with Crippen molar-refractivity contribution < 1.29 is 4.84 Å². The van der Waals surface area contributed by atoms with Crippen LogP contribution in [0.15, 0.2) is 5.16 Å². The summed E-state index contributed by atoms with van der Waals surface area (Å²) < 4.78 is 0. The summed E-state index contributed by atoms with van der Waals surface area (Å²) in [5.74, 6) is 0.148. The van der Waals surface area contributed by atoms with Crippen LogP contribution in [-0.4, -0.2) is 12.6 Å². The van der Waals surface area contributed by atoms with E-state index in [-0.39, 0.29) is 5.90 Å². The van der Waals surface area contributed by atoms with Crippen molar-refractivity contribution in [3.63, 3.8) is 0 Å². The van der Waals surface area contributed by atoms with Crippen molar-refractivity contribution in [3.05, 3.63) is 0 Å². The third-order valence-corrected chi connectivity index (χ3v) is 0.496. The van der Waals surface area contributed by atoms with Crippen LogP contribution in [0.3, 0.4) is 0 Å². The third-order valence-electron chi connectivity index (χ3n) is 0.496. The summed E-state index contributed by atoms with van der Waals surface area (Å²) in [5, 5.41) is 9.81. The summed E-state index contributed by atoms with van der Waals surface area (Å²) in [6, 6.07) is 0. The largest absolute Gasteiger partial charge is 0.343 e. The summed E-state index contributed by atoms with van der Waals surface area (Å²) in [7, 11) is 0. The molecule has 0 radical (unpaired) electrons. The minimum atomic E-state index is 0.148. The first kappa shape index (κ1) is 6.14. The Kier molecular flexibility index (Phi) is 2.92. The number of rotatable bonds is 2. The molecule has 0 aliphatic rings. The topological polar surface area (TPSA) is 45.4 Å². The summed E-state index contributed by atoms with van der Waals surface area (Å²) in [5.41, 5.74) is 0. The molecular formula is C4H8N2O. The molecule has 40 valence electrons. The first-order valence-electron chi connectivity index (χ1n) is 2.01. The van der Waals surface area contributed by atoms with E-state index in [1.165, 1.54) is 0 Å². The molecule has 0 unspecified atom stereocenters. The van der Waals surface area contributed by atoms with Gasteiger partial charge in [-0.3, -0.25) is 5.41 Å². The molecule has 0 amide bonds. The quantitative estimate of drug-likeness (QED) is 0.314. The fourth-order valence-corrected chi connectivity index (χ4v) is 0.142. The second-order valence-corrected chi connectivity index (χ2v) is 0.997. The van der Waals surface area contributed by atoms with E-state index >= 15 is 0 Å². The lowest BCUT2D eigenvalue weighted by atomic mass is 10.5. The van der Waals surface area contributed by atoms with Crippen molar-refractivity contribution in [1.82, 2.24) is 0 Å². The van der Waals surface area contributed by atoms with Crippen LogP contribution < -0.4 is 0 Å². The maximum absolute atomic E-state index is 6.78. The second kappa shape index (κ2) is 3.33. The zero-order valence-electron chi connectivity index (χ0n) is 4.27. The summed E-state index contributed by atoms with van der Waals surface area (Å²) in [4.78, 5) is 4.29. The second-order valence-electron chi connectivity index (χ2n) is 0.997. The molecule has 0 aliphatic carbocycles. The predicted molar refractivity (Wildman–Crippen MR) is 28.7 cm³/mol. The monoisotopic (exact) mass is 100 g/mol. The molecule has 0 aliphatic heterocycles. The van der Waals surface area contributed by atoms with Crippen molar-refractivity contribution >= 4 is 12.6 Å². The maximum atomic E-state index is 6.78. The molecule has 0 saturated carbocycles. The highest BCUT2D eigenvalue weighted by molar-refractivity contribution is 5.72. The SMILES string of the molecule is C=NOC(=N)CC. The van der Waals surface area contributed by atoms with Crippen molar-refractivity contribution in [2.24, 2.45) is 5.16 Å². The van der Waals surface area contributed by atoms with Crippen LogP contribution in [0.25, 0.3) is 0 Å². The maximum Gasteiger partial charge on any atom is 0.217 e. The van der Waals surface area contributed by atoms with Crippen molar-refractivity contribution in [3.8, 4) is 0 Å². The Hall–Kier alpha value is -0.860. The Morgan fingerprint density at radius 2 is 2.57 bits per heavy atom. The van der Waals surface area contributed by atoms with Gasteiger partial charge in [0.15, 0.2) is 0 Å². The van der Waals surface area contributed by atoms with Gasteiger partial charge in [0.25, 0.3) is 0 Å². The van der Waals surface area contributed by atoms with Gasteiger partial charge < -0.3 is 4.84 Å². The van der Waals surface area contributed by atoms with Gasteiger partial charge in [0.1, 0.15) is 0 Å². The molecule has 7 heavy (non-hydrogen) atoms. The van der Waals surface area contributed by atoms with E-state index in [0.29, 0.717) is 6.42 Å². The van der Waals surface area contributed by atoms with Crippen LogP contribution in [0, 0.1) is 5.41 Å². The molecule has 0 fully saturated rings. The van der Waals surface area contributed by atoms with Gasteiger partial charge in [0.2, 0.25) is 5.90 Å². The smallest absolute Gasteiger partial charge is 0.217 e. The Morgan fingerprint density at radius 1 is 2.00 bits per heavy atom. The highest BCUT2D eigenvalue weighted by Gasteiger charge is 1.85. The Bertz CT molecular complexity index is 79.8. The fourth-order valence-electron chi connectivity index (χ4n) is 0.142. The predicted octanol–water partition coefficient (Wildman–Crippen LogP) is 1.01. The number of hydrogen-bond acceptors (Lipinski definition) is 3. The molecule has 0 atom stereocenters. The summed E-state index contributed by atoms with van der Waals surface area (Å²) in [6.45, 7) is 4.85. The van der Waals surface area contributed by atoms with Crippen LogP contribution in [-0.2, 0) is 4.84 Å². The first-order chi connectivity index (χ1) is 3.31. The fraction of sp³-hybridized carbons (Fsp3) is 0.500. The molecule has 1 N–H and O–H groups in total. The van der Waals surface area contributed by atoms with Crippen LogP contribution in [0.5, 0.6) is 0 Å². The van der Waals surface area contributed by atoms with Crippen molar-refractivity contribution in [2.45, 2.75) is 13.3 Å². The van der Waals surface area contributed by atoms with Gasteiger partial charge in [-0.2, -0.15) is 0 Å². The van der Waals surface area contributed by atoms with Gasteiger partial charge in [-0.05, 0) is 0 Å².